The van der Waals surface area contributed by atoms with Crippen molar-refractivity contribution in [3.63, 3.8) is 0 Å². The van der Waals surface area contributed by atoms with Crippen molar-refractivity contribution in [1.82, 2.24) is 19.4 Å². The number of primary amides is 1. The Hall–Kier alpha value is -3.71. The molecular formula is C29H34N6O. The van der Waals surface area contributed by atoms with Crippen molar-refractivity contribution in [2.24, 2.45) is 5.73 Å². The first-order chi connectivity index (χ1) is 17.5. The molecule has 0 saturated heterocycles. The highest BCUT2D eigenvalue weighted by atomic mass is 16.1. The maximum atomic E-state index is 12.0. The number of hydrogen-bond acceptors (Lipinski definition) is 5. The average molecular weight is 483 g/mol. The van der Waals surface area contributed by atoms with Crippen molar-refractivity contribution < 1.29 is 4.79 Å². The lowest BCUT2D eigenvalue weighted by Crippen LogP contribution is -2.33. The third-order valence-electron chi connectivity index (χ3n) is 7.01. The van der Waals surface area contributed by atoms with Gasteiger partial charge in [-0.2, -0.15) is 4.98 Å². The molecule has 0 saturated carbocycles. The Labute approximate surface area is 212 Å². The summed E-state index contributed by atoms with van der Waals surface area (Å²) in [6.07, 6.45) is 4.60. The van der Waals surface area contributed by atoms with Crippen LogP contribution in [0.25, 0.3) is 16.9 Å². The maximum Gasteiger partial charge on any atom is 0.249 e. The number of aryl methyl sites for hydroxylation is 1. The predicted molar refractivity (Wildman–Crippen MR) is 144 cm³/mol. The van der Waals surface area contributed by atoms with Crippen molar-refractivity contribution in [2.45, 2.75) is 52.6 Å². The first kappa shape index (κ1) is 24.0. The van der Waals surface area contributed by atoms with E-state index in [0.29, 0.717) is 18.1 Å². The Balaban J connectivity index is 1.56. The highest BCUT2D eigenvalue weighted by Gasteiger charge is 2.24. The van der Waals surface area contributed by atoms with Crippen molar-refractivity contribution in [3.05, 3.63) is 82.7 Å². The molecule has 2 aromatic heterocycles. The van der Waals surface area contributed by atoms with Gasteiger partial charge in [0.25, 0.3) is 0 Å². The second-order valence-corrected chi connectivity index (χ2v) is 9.59. The summed E-state index contributed by atoms with van der Waals surface area (Å²) in [6, 6.07) is 18.0. The normalized spacial score (nSPS) is 13.6. The first-order valence-corrected chi connectivity index (χ1v) is 12.9. The number of nitrogens with zero attached hydrogens (tertiary/aromatic N) is 4. The number of carbonyl (C=O) groups excluding carboxylic acids is 1. The summed E-state index contributed by atoms with van der Waals surface area (Å²) in [6.45, 7) is 7.88. The van der Waals surface area contributed by atoms with Crippen LogP contribution in [0.1, 0.15) is 59.1 Å². The highest BCUT2D eigenvalue weighted by molar-refractivity contribution is 6.06. The molecular weight excluding hydrogens is 448 g/mol. The van der Waals surface area contributed by atoms with Crippen LogP contribution in [0.5, 0.6) is 0 Å². The third kappa shape index (κ3) is 4.84. The maximum absolute atomic E-state index is 12.0. The van der Waals surface area contributed by atoms with Gasteiger partial charge in [-0.15, -0.1) is 0 Å². The Morgan fingerprint density at radius 2 is 1.92 bits per heavy atom. The van der Waals surface area contributed by atoms with Gasteiger partial charge in [0.15, 0.2) is 0 Å². The molecule has 1 aliphatic heterocycles. The van der Waals surface area contributed by atoms with Gasteiger partial charge in [0.2, 0.25) is 11.9 Å². The molecule has 1 amide bonds. The number of unbranched alkanes of at least 4 members (excludes halogenated alkanes) is 2. The van der Waals surface area contributed by atoms with Gasteiger partial charge in [0.1, 0.15) is 5.82 Å². The smallest absolute Gasteiger partial charge is 0.249 e. The van der Waals surface area contributed by atoms with E-state index >= 15 is 0 Å². The number of nitrogens with one attached hydrogen (secondary N) is 1. The van der Waals surface area contributed by atoms with E-state index in [1.807, 2.05) is 35.8 Å². The standard InChI is InChI=1S/C29H34N6O/c1-3-4-8-15-34-16-14-23-25(19-34)32-29(33-28(23)31-18-21-10-6-5-7-11-21)35-20(2)17-24-22(27(30)36)12-9-13-26(24)35/h5-7,9-13,17H,3-4,8,14-16,18-19H2,1-2H3,(H2,30,36)(H,31,32,33). The molecule has 1 aliphatic rings. The van der Waals surface area contributed by atoms with Crippen LogP contribution < -0.4 is 11.1 Å². The van der Waals surface area contributed by atoms with Crippen molar-refractivity contribution in [2.75, 3.05) is 18.4 Å². The number of benzene rings is 2. The second-order valence-electron chi connectivity index (χ2n) is 9.59. The van der Waals surface area contributed by atoms with Gasteiger partial charge in [-0.3, -0.25) is 14.3 Å². The number of carbonyl (C=O) groups is 1. The van der Waals surface area contributed by atoms with Crippen molar-refractivity contribution in [3.8, 4) is 5.95 Å². The van der Waals surface area contributed by atoms with Crippen LogP contribution in [0.4, 0.5) is 5.82 Å². The number of anilines is 1. The highest BCUT2D eigenvalue weighted by Crippen LogP contribution is 2.29. The van der Waals surface area contributed by atoms with Crippen LogP contribution >= 0.6 is 0 Å². The van der Waals surface area contributed by atoms with Crippen LogP contribution in [-0.2, 0) is 19.5 Å². The summed E-state index contributed by atoms with van der Waals surface area (Å²) in [7, 11) is 0. The van der Waals surface area contributed by atoms with Gasteiger partial charge in [-0.25, -0.2) is 4.98 Å². The molecule has 0 atom stereocenters. The van der Waals surface area contributed by atoms with Gasteiger partial charge in [0, 0.05) is 41.8 Å². The van der Waals surface area contributed by atoms with Crippen molar-refractivity contribution >= 4 is 22.6 Å². The SMILES string of the molecule is CCCCCN1CCc2c(nc(-n3c(C)cc4c(C(N)=O)cccc43)nc2NCc2ccccc2)C1. The van der Waals surface area contributed by atoms with Crippen LogP contribution in [-0.4, -0.2) is 38.4 Å². The number of amides is 1. The van der Waals surface area contributed by atoms with E-state index in [2.05, 4.69) is 41.4 Å². The second kappa shape index (κ2) is 10.5. The summed E-state index contributed by atoms with van der Waals surface area (Å²) in [4.78, 5) is 24.7. The monoisotopic (exact) mass is 482 g/mol. The Kier molecular flexibility index (Phi) is 7.00. The number of fused-ring (bicyclic) bond motifs is 2. The third-order valence-corrected chi connectivity index (χ3v) is 7.01. The van der Waals surface area contributed by atoms with Crippen LogP contribution in [0.3, 0.4) is 0 Å². The summed E-state index contributed by atoms with van der Waals surface area (Å²) >= 11 is 0. The quantitative estimate of drug-likeness (QED) is 0.328. The minimum absolute atomic E-state index is 0.433. The fraction of sp³-hybridized carbons (Fsp3) is 0.345. The van der Waals surface area contributed by atoms with Gasteiger partial charge in [-0.05, 0) is 50.1 Å². The van der Waals surface area contributed by atoms with Crippen LogP contribution in [0.2, 0.25) is 0 Å². The van der Waals surface area contributed by atoms with Gasteiger partial charge >= 0.3 is 0 Å². The molecule has 0 fully saturated rings. The van der Waals surface area contributed by atoms with Crippen LogP contribution in [0.15, 0.2) is 54.6 Å². The molecule has 0 spiro atoms. The van der Waals surface area contributed by atoms with Gasteiger partial charge in [0.05, 0.1) is 11.2 Å². The molecule has 186 valence electrons. The number of hydrogen-bond donors (Lipinski definition) is 2. The van der Waals surface area contributed by atoms with E-state index < -0.39 is 5.91 Å². The summed E-state index contributed by atoms with van der Waals surface area (Å²) in [5, 5.41) is 4.42. The first-order valence-electron chi connectivity index (χ1n) is 12.9. The van der Waals surface area contributed by atoms with Gasteiger partial charge < -0.3 is 11.1 Å². The lowest BCUT2D eigenvalue weighted by Gasteiger charge is -2.29. The molecule has 0 unspecified atom stereocenters. The average Bonchev–Trinajstić information content (AvgIpc) is 3.23. The molecule has 0 radical (unpaired) electrons. The largest absolute Gasteiger partial charge is 0.366 e. The molecule has 7 heteroatoms. The minimum Gasteiger partial charge on any atom is -0.366 e. The molecule has 2 aromatic carbocycles. The zero-order valence-corrected chi connectivity index (χ0v) is 21.1. The number of rotatable bonds is 9. The lowest BCUT2D eigenvalue weighted by atomic mass is 10.0. The van der Waals surface area contributed by atoms with E-state index in [1.54, 1.807) is 6.07 Å². The Morgan fingerprint density at radius 1 is 1.08 bits per heavy atom. The van der Waals surface area contributed by atoms with Crippen molar-refractivity contribution in [1.29, 1.82) is 0 Å². The van der Waals surface area contributed by atoms with E-state index in [4.69, 9.17) is 15.7 Å². The molecule has 4 aromatic rings. The number of nitrogens with two attached hydrogens (primary N) is 1. The van der Waals surface area contributed by atoms with E-state index in [1.165, 1.54) is 30.4 Å². The lowest BCUT2D eigenvalue weighted by molar-refractivity contribution is 0.100. The molecule has 5 rings (SSSR count). The summed E-state index contributed by atoms with van der Waals surface area (Å²) < 4.78 is 2.03. The van der Waals surface area contributed by atoms with Gasteiger partial charge in [-0.1, -0.05) is 56.2 Å². The Morgan fingerprint density at radius 3 is 2.69 bits per heavy atom. The summed E-state index contributed by atoms with van der Waals surface area (Å²) in [5.41, 5.74) is 11.5. The number of aromatic nitrogens is 3. The summed E-state index contributed by atoms with van der Waals surface area (Å²) in [5.74, 6) is 1.07. The van der Waals surface area contributed by atoms with E-state index in [0.717, 1.165) is 54.2 Å². The molecule has 36 heavy (non-hydrogen) atoms. The van der Waals surface area contributed by atoms with E-state index in [9.17, 15) is 4.79 Å². The fourth-order valence-corrected chi connectivity index (χ4v) is 5.12. The predicted octanol–water partition coefficient (Wildman–Crippen LogP) is 4.99. The minimum atomic E-state index is -0.433. The fourth-order valence-electron chi connectivity index (χ4n) is 5.12. The zero-order valence-electron chi connectivity index (χ0n) is 21.1. The topological polar surface area (TPSA) is 89.1 Å². The molecule has 0 aliphatic carbocycles. The molecule has 3 heterocycles. The molecule has 0 bridgehead atoms. The molecule has 3 N–H and O–H groups in total. The molecule has 7 nitrogen and oxygen atoms in total. The van der Waals surface area contributed by atoms with E-state index in [-0.39, 0.29) is 0 Å². The zero-order chi connectivity index (χ0) is 25.1. The van der Waals surface area contributed by atoms with Crippen LogP contribution in [0, 0.1) is 6.92 Å². The Bertz CT molecular complexity index is 1380.